The molecule has 0 radical (unpaired) electrons. The fourth-order valence-electron chi connectivity index (χ4n) is 4.13. The summed E-state index contributed by atoms with van der Waals surface area (Å²) in [6.45, 7) is 3.95. The van der Waals surface area contributed by atoms with Crippen molar-refractivity contribution in [3.63, 3.8) is 0 Å². The number of phenols is 1. The maximum Gasteiger partial charge on any atom is 0.263 e. The highest BCUT2D eigenvalue weighted by molar-refractivity contribution is 7.14. The van der Waals surface area contributed by atoms with Gasteiger partial charge < -0.3 is 10.0 Å². The van der Waals surface area contributed by atoms with Crippen LogP contribution >= 0.6 is 11.3 Å². The van der Waals surface area contributed by atoms with Crippen molar-refractivity contribution >= 4 is 17.2 Å². The molecule has 1 aliphatic carbocycles. The van der Waals surface area contributed by atoms with Crippen LogP contribution in [0.15, 0.2) is 30.3 Å². The van der Waals surface area contributed by atoms with E-state index in [2.05, 4.69) is 13.0 Å². The van der Waals surface area contributed by atoms with Crippen molar-refractivity contribution < 1.29 is 9.90 Å². The zero-order chi connectivity index (χ0) is 17.4. The van der Waals surface area contributed by atoms with E-state index in [4.69, 9.17) is 0 Å². The minimum absolute atomic E-state index is 0.219. The Labute approximate surface area is 153 Å². The highest BCUT2D eigenvalue weighted by Gasteiger charge is 2.27. The van der Waals surface area contributed by atoms with Gasteiger partial charge in [0.1, 0.15) is 5.75 Å². The molecule has 2 aromatic rings. The molecule has 1 atom stereocenters. The lowest BCUT2D eigenvalue weighted by molar-refractivity contribution is 0.0718. The Bertz CT molecular complexity index is 757. The summed E-state index contributed by atoms with van der Waals surface area (Å²) in [6, 6.07) is 9.68. The molecule has 2 aliphatic rings. The predicted molar refractivity (Wildman–Crippen MR) is 101 cm³/mol. The van der Waals surface area contributed by atoms with Crippen molar-refractivity contribution in [2.45, 2.75) is 44.9 Å². The van der Waals surface area contributed by atoms with Crippen molar-refractivity contribution in [2.75, 3.05) is 13.1 Å². The van der Waals surface area contributed by atoms with E-state index < -0.39 is 0 Å². The largest absolute Gasteiger partial charge is 0.508 e. The molecule has 1 aliphatic heterocycles. The maximum atomic E-state index is 12.9. The Morgan fingerprint density at radius 1 is 1.16 bits per heavy atom. The fraction of sp³-hybridized carbons (Fsp3) is 0.476. The molecule has 1 fully saturated rings. The Hall–Kier alpha value is -1.81. The monoisotopic (exact) mass is 355 g/mol. The molecule has 1 aromatic carbocycles. The molecule has 1 unspecified atom stereocenters. The van der Waals surface area contributed by atoms with Crippen LogP contribution in [0, 0.1) is 5.92 Å². The van der Waals surface area contributed by atoms with E-state index in [1.165, 1.54) is 22.4 Å². The normalized spacial score (nSPS) is 21.2. The predicted octanol–water partition coefficient (Wildman–Crippen LogP) is 4.60. The van der Waals surface area contributed by atoms with Gasteiger partial charge in [-0.2, -0.15) is 0 Å². The molecule has 1 saturated heterocycles. The van der Waals surface area contributed by atoms with Gasteiger partial charge in [-0.1, -0.05) is 19.1 Å². The number of aryl methyl sites for hydroxylation is 1. The Balaban J connectivity index is 1.40. The highest BCUT2D eigenvalue weighted by atomic mass is 32.1. The van der Waals surface area contributed by atoms with Crippen LogP contribution in [0.1, 0.15) is 57.8 Å². The SMILES string of the molecule is CC1CCc2sc(C(=O)N3CCC(c4ccc(O)cc4)CC3)cc2C1. The summed E-state index contributed by atoms with van der Waals surface area (Å²) >= 11 is 1.72. The molecule has 4 heteroatoms. The van der Waals surface area contributed by atoms with Gasteiger partial charge in [-0.05, 0) is 73.3 Å². The Kier molecular flexibility index (Phi) is 4.55. The number of phenolic OH excluding ortho intramolecular Hbond substituents is 1. The van der Waals surface area contributed by atoms with Gasteiger partial charge >= 0.3 is 0 Å². The van der Waals surface area contributed by atoms with Crippen LogP contribution in [0.3, 0.4) is 0 Å². The number of aromatic hydroxyl groups is 1. The first-order chi connectivity index (χ1) is 12.1. The second kappa shape index (κ2) is 6.83. The minimum Gasteiger partial charge on any atom is -0.508 e. The van der Waals surface area contributed by atoms with Crippen LogP contribution < -0.4 is 0 Å². The number of carbonyl (C=O) groups excluding carboxylic acids is 1. The van der Waals surface area contributed by atoms with Crippen LogP contribution in [-0.4, -0.2) is 29.0 Å². The van der Waals surface area contributed by atoms with Crippen molar-refractivity contribution in [2.24, 2.45) is 5.92 Å². The number of hydrogen-bond acceptors (Lipinski definition) is 3. The lowest BCUT2D eigenvalue weighted by Crippen LogP contribution is -2.37. The van der Waals surface area contributed by atoms with Crippen molar-refractivity contribution in [3.8, 4) is 5.75 Å². The van der Waals surface area contributed by atoms with Crippen molar-refractivity contribution in [3.05, 3.63) is 51.2 Å². The molecule has 4 rings (SSSR count). The Morgan fingerprint density at radius 3 is 2.60 bits per heavy atom. The van der Waals surface area contributed by atoms with Crippen molar-refractivity contribution in [1.29, 1.82) is 0 Å². The molecule has 0 bridgehead atoms. The van der Waals surface area contributed by atoms with Gasteiger partial charge in [-0.3, -0.25) is 4.79 Å². The summed E-state index contributed by atoms with van der Waals surface area (Å²) in [5.74, 6) is 1.76. The van der Waals surface area contributed by atoms with Gasteiger partial charge in [0, 0.05) is 18.0 Å². The smallest absolute Gasteiger partial charge is 0.263 e. The van der Waals surface area contributed by atoms with E-state index in [1.54, 1.807) is 23.5 Å². The number of rotatable bonds is 2. The highest BCUT2D eigenvalue weighted by Crippen LogP contribution is 2.34. The van der Waals surface area contributed by atoms with Crippen LogP contribution in [0.2, 0.25) is 0 Å². The molecule has 1 amide bonds. The quantitative estimate of drug-likeness (QED) is 0.855. The number of benzene rings is 1. The molecule has 2 heterocycles. The Morgan fingerprint density at radius 2 is 1.88 bits per heavy atom. The number of amides is 1. The summed E-state index contributed by atoms with van der Waals surface area (Å²) in [7, 11) is 0. The first-order valence-corrected chi connectivity index (χ1v) is 10.1. The molecular formula is C21H25NO2S. The van der Waals surface area contributed by atoms with Crippen LogP contribution in [0.4, 0.5) is 0 Å². The van der Waals surface area contributed by atoms with Gasteiger partial charge in [0.15, 0.2) is 0 Å². The average Bonchev–Trinajstić information content (AvgIpc) is 3.05. The minimum atomic E-state index is 0.219. The third-order valence-electron chi connectivity index (χ3n) is 5.69. The second-order valence-corrected chi connectivity index (χ2v) is 8.70. The number of hydrogen-bond donors (Lipinski definition) is 1. The lowest BCUT2D eigenvalue weighted by atomic mass is 9.89. The number of thiophene rings is 1. The number of piperidine rings is 1. The van der Waals surface area contributed by atoms with E-state index >= 15 is 0 Å². The van der Waals surface area contributed by atoms with E-state index in [0.29, 0.717) is 11.7 Å². The van der Waals surface area contributed by atoms with Gasteiger partial charge in [-0.15, -0.1) is 11.3 Å². The van der Waals surface area contributed by atoms with E-state index in [-0.39, 0.29) is 5.91 Å². The maximum absolute atomic E-state index is 12.9. The third kappa shape index (κ3) is 3.45. The van der Waals surface area contributed by atoms with Crippen LogP contribution in [-0.2, 0) is 12.8 Å². The number of fused-ring (bicyclic) bond motifs is 1. The fourth-order valence-corrected chi connectivity index (χ4v) is 5.31. The third-order valence-corrected chi connectivity index (χ3v) is 6.91. The number of likely N-dealkylation sites (tertiary alicyclic amines) is 1. The molecule has 132 valence electrons. The van der Waals surface area contributed by atoms with Crippen LogP contribution in [0.5, 0.6) is 5.75 Å². The summed E-state index contributed by atoms with van der Waals surface area (Å²) in [4.78, 5) is 17.3. The summed E-state index contributed by atoms with van der Waals surface area (Å²) in [5, 5.41) is 9.43. The topological polar surface area (TPSA) is 40.5 Å². The van der Waals surface area contributed by atoms with Crippen LogP contribution in [0.25, 0.3) is 0 Å². The molecule has 1 N–H and O–H groups in total. The zero-order valence-corrected chi connectivity index (χ0v) is 15.5. The number of nitrogens with zero attached hydrogens (tertiary/aromatic N) is 1. The summed E-state index contributed by atoms with van der Waals surface area (Å²) in [6.07, 6.45) is 5.51. The summed E-state index contributed by atoms with van der Waals surface area (Å²) < 4.78 is 0. The van der Waals surface area contributed by atoms with E-state index in [9.17, 15) is 9.90 Å². The molecule has 0 saturated carbocycles. The van der Waals surface area contributed by atoms with Gasteiger partial charge in [0.05, 0.1) is 4.88 Å². The van der Waals surface area contributed by atoms with E-state index in [0.717, 1.165) is 49.6 Å². The molecular weight excluding hydrogens is 330 g/mol. The first-order valence-electron chi connectivity index (χ1n) is 9.30. The first kappa shape index (κ1) is 16.6. The van der Waals surface area contributed by atoms with Gasteiger partial charge in [0.2, 0.25) is 0 Å². The standard InChI is InChI=1S/C21H25NO2S/c1-14-2-7-19-17(12-14)13-20(25-19)21(24)22-10-8-16(9-11-22)15-3-5-18(23)6-4-15/h3-6,13-14,16,23H,2,7-12H2,1H3. The van der Waals surface area contributed by atoms with E-state index in [1.807, 2.05) is 17.0 Å². The van der Waals surface area contributed by atoms with Crippen molar-refractivity contribution in [1.82, 2.24) is 4.90 Å². The lowest BCUT2D eigenvalue weighted by Gasteiger charge is -2.32. The summed E-state index contributed by atoms with van der Waals surface area (Å²) in [5.41, 5.74) is 2.68. The number of carbonyl (C=O) groups is 1. The molecule has 25 heavy (non-hydrogen) atoms. The molecule has 1 aromatic heterocycles. The molecule has 0 spiro atoms. The second-order valence-electron chi connectivity index (χ2n) is 7.57. The molecule has 3 nitrogen and oxygen atoms in total. The average molecular weight is 356 g/mol. The van der Waals surface area contributed by atoms with Gasteiger partial charge in [0.25, 0.3) is 5.91 Å². The van der Waals surface area contributed by atoms with Gasteiger partial charge in [-0.25, -0.2) is 0 Å². The zero-order valence-electron chi connectivity index (χ0n) is 14.7.